The lowest BCUT2D eigenvalue weighted by atomic mass is 10.1. The summed E-state index contributed by atoms with van der Waals surface area (Å²) in [5.41, 5.74) is -1.22. The first-order valence-electron chi connectivity index (χ1n) is 5.26. The highest BCUT2D eigenvalue weighted by Crippen LogP contribution is 2.35. The Morgan fingerprint density at radius 2 is 2.20 bits per heavy atom. The van der Waals surface area contributed by atoms with Crippen molar-refractivity contribution >= 4 is 22.7 Å². The Labute approximate surface area is 110 Å². The number of hydrogen-bond acceptors (Lipinski definition) is 3. The van der Waals surface area contributed by atoms with Gasteiger partial charge in [0, 0.05) is 5.39 Å². The van der Waals surface area contributed by atoms with Crippen LogP contribution in [0.2, 0.25) is 0 Å². The number of aromatic nitrogens is 2. The summed E-state index contributed by atoms with van der Waals surface area (Å²) in [7, 11) is 0. The molecule has 1 heterocycles. The van der Waals surface area contributed by atoms with Crippen LogP contribution in [-0.2, 0) is 12.7 Å². The van der Waals surface area contributed by atoms with Crippen LogP contribution in [0, 0.1) is 11.3 Å². The summed E-state index contributed by atoms with van der Waals surface area (Å²) in [5.74, 6) is 0. The molecule has 20 heavy (non-hydrogen) atoms. The van der Waals surface area contributed by atoms with Crippen molar-refractivity contribution in [3.8, 4) is 6.07 Å². The first-order chi connectivity index (χ1) is 9.32. The molecule has 0 spiro atoms. The van der Waals surface area contributed by atoms with Crippen LogP contribution in [0.3, 0.4) is 0 Å². The maximum atomic E-state index is 12.8. The number of rotatable bonds is 2. The maximum Gasteiger partial charge on any atom is 0.416 e. The molecule has 0 atom stereocenters. The van der Waals surface area contributed by atoms with Gasteiger partial charge in [-0.15, -0.1) is 0 Å². The molecule has 1 aromatic carbocycles. The van der Waals surface area contributed by atoms with E-state index in [1.54, 1.807) is 6.07 Å². The van der Waals surface area contributed by atoms with Gasteiger partial charge in [0.1, 0.15) is 6.54 Å². The van der Waals surface area contributed by atoms with E-state index in [-0.39, 0.29) is 23.1 Å². The van der Waals surface area contributed by atoms with Gasteiger partial charge in [0.15, 0.2) is 0 Å². The number of anilines is 1. The summed E-state index contributed by atoms with van der Waals surface area (Å²) in [4.78, 5) is 10.6. The van der Waals surface area contributed by atoms with Crippen molar-refractivity contribution in [1.82, 2.24) is 9.78 Å². The standard InChI is InChI=1S/C11H7F3N4O2/c12-11(13,14)6-3-8(17-10(19)20)7-5-16-18(2-1-15)9(7)4-6/h3-5,17H,2H2,(H,19,20). The zero-order valence-corrected chi connectivity index (χ0v) is 9.77. The topological polar surface area (TPSA) is 90.9 Å². The van der Waals surface area contributed by atoms with Gasteiger partial charge in [-0.25, -0.2) is 4.79 Å². The van der Waals surface area contributed by atoms with Crippen LogP contribution < -0.4 is 5.32 Å². The predicted molar refractivity (Wildman–Crippen MR) is 62.0 cm³/mol. The number of benzene rings is 1. The van der Waals surface area contributed by atoms with Crippen molar-refractivity contribution in [2.75, 3.05) is 5.32 Å². The summed E-state index contributed by atoms with van der Waals surface area (Å²) in [6.07, 6.45) is -4.91. The van der Waals surface area contributed by atoms with Crippen LogP contribution in [0.4, 0.5) is 23.7 Å². The number of alkyl halides is 3. The zero-order chi connectivity index (χ0) is 14.9. The number of amides is 1. The van der Waals surface area contributed by atoms with E-state index < -0.39 is 17.8 Å². The van der Waals surface area contributed by atoms with Gasteiger partial charge >= 0.3 is 12.3 Å². The van der Waals surface area contributed by atoms with Gasteiger partial charge in [-0.1, -0.05) is 0 Å². The molecule has 6 nitrogen and oxygen atoms in total. The fourth-order valence-corrected chi connectivity index (χ4v) is 1.75. The van der Waals surface area contributed by atoms with Crippen LogP contribution in [-0.4, -0.2) is 21.0 Å². The first-order valence-corrected chi connectivity index (χ1v) is 5.26. The lowest BCUT2D eigenvalue weighted by Crippen LogP contribution is -2.11. The fraction of sp³-hybridized carbons (Fsp3) is 0.182. The van der Waals surface area contributed by atoms with E-state index in [0.717, 1.165) is 10.7 Å². The number of carboxylic acid groups (broad SMARTS) is 1. The molecule has 0 fully saturated rings. The van der Waals surface area contributed by atoms with Crippen LogP contribution in [0.25, 0.3) is 10.9 Å². The average molecular weight is 284 g/mol. The van der Waals surface area contributed by atoms with E-state index in [1.807, 2.05) is 5.32 Å². The van der Waals surface area contributed by atoms with Crippen molar-refractivity contribution < 1.29 is 23.1 Å². The number of nitrogens with one attached hydrogen (secondary N) is 1. The molecule has 1 aromatic heterocycles. The van der Waals surface area contributed by atoms with E-state index in [9.17, 15) is 18.0 Å². The highest BCUT2D eigenvalue weighted by Gasteiger charge is 2.32. The average Bonchev–Trinajstić information content (AvgIpc) is 2.71. The van der Waals surface area contributed by atoms with Gasteiger partial charge in [-0.3, -0.25) is 10.00 Å². The van der Waals surface area contributed by atoms with Gasteiger partial charge in [0.25, 0.3) is 0 Å². The summed E-state index contributed by atoms with van der Waals surface area (Å²) in [5, 5.41) is 23.1. The lowest BCUT2D eigenvalue weighted by Gasteiger charge is -2.10. The minimum Gasteiger partial charge on any atom is -0.465 e. The molecule has 0 aliphatic rings. The Kier molecular flexibility index (Phi) is 3.23. The van der Waals surface area contributed by atoms with Crippen molar-refractivity contribution in [2.45, 2.75) is 12.7 Å². The molecule has 1 amide bonds. The summed E-state index contributed by atoms with van der Waals surface area (Å²) in [6, 6.07) is 3.28. The lowest BCUT2D eigenvalue weighted by molar-refractivity contribution is -0.137. The largest absolute Gasteiger partial charge is 0.465 e. The third-order valence-corrected chi connectivity index (χ3v) is 2.55. The second-order valence-corrected chi connectivity index (χ2v) is 3.84. The number of carbonyl (C=O) groups is 1. The van der Waals surface area contributed by atoms with E-state index >= 15 is 0 Å². The zero-order valence-electron chi connectivity index (χ0n) is 9.77. The van der Waals surface area contributed by atoms with E-state index in [4.69, 9.17) is 10.4 Å². The van der Waals surface area contributed by atoms with Crippen LogP contribution in [0.15, 0.2) is 18.3 Å². The highest BCUT2D eigenvalue weighted by atomic mass is 19.4. The predicted octanol–water partition coefficient (Wildman–Crippen LogP) is 2.67. The molecule has 0 radical (unpaired) electrons. The number of fused-ring (bicyclic) bond motifs is 1. The number of nitrogens with zero attached hydrogens (tertiary/aromatic N) is 3. The highest BCUT2D eigenvalue weighted by molar-refractivity contribution is 5.98. The van der Waals surface area contributed by atoms with E-state index in [0.29, 0.717) is 6.07 Å². The van der Waals surface area contributed by atoms with Crippen molar-refractivity contribution in [3.05, 3.63) is 23.9 Å². The van der Waals surface area contributed by atoms with Gasteiger partial charge in [-0.05, 0) is 12.1 Å². The molecular weight excluding hydrogens is 277 g/mol. The normalized spacial score (nSPS) is 11.3. The second kappa shape index (κ2) is 4.73. The van der Waals surface area contributed by atoms with E-state index in [2.05, 4.69) is 5.10 Å². The van der Waals surface area contributed by atoms with Crippen molar-refractivity contribution in [1.29, 1.82) is 5.26 Å². The molecule has 2 rings (SSSR count). The molecule has 0 saturated heterocycles. The molecular formula is C11H7F3N4O2. The van der Waals surface area contributed by atoms with Crippen LogP contribution in [0.5, 0.6) is 0 Å². The third-order valence-electron chi connectivity index (χ3n) is 2.55. The van der Waals surface area contributed by atoms with Gasteiger partial charge < -0.3 is 5.11 Å². The molecule has 0 aliphatic heterocycles. The Morgan fingerprint density at radius 3 is 2.75 bits per heavy atom. The molecule has 0 saturated carbocycles. The second-order valence-electron chi connectivity index (χ2n) is 3.84. The molecule has 2 aromatic rings. The minimum absolute atomic E-state index is 0.0325. The summed E-state index contributed by atoms with van der Waals surface area (Å²) >= 11 is 0. The minimum atomic E-state index is -4.63. The molecule has 104 valence electrons. The Hall–Kier alpha value is -2.76. The number of halogens is 3. The molecule has 0 aliphatic carbocycles. The van der Waals surface area contributed by atoms with Gasteiger partial charge in [-0.2, -0.15) is 23.5 Å². The smallest absolute Gasteiger partial charge is 0.416 e. The van der Waals surface area contributed by atoms with Crippen LogP contribution in [0.1, 0.15) is 5.56 Å². The van der Waals surface area contributed by atoms with Crippen molar-refractivity contribution in [2.24, 2.45) is 0 Å². The Bertz CT molecular complexity index is 715. The summed E-state index contributed by atoms with van der Waals surface area (Å²) in [6.45, 7) is -0.239. The SMILES string of the molecule is N#CCn1ncc2c(NC(=O)O)cc(C(F)(F)F)cc21. The third kappa shape index (κ3) is 2.49. The maximum absolute atomic E-state index is 12.8. The Morgan fingerprint density at radius 1 is 1.50 bits per heavy atom. The molecule has 0 bridgehead atoms. The van der Waals surface area contributed by atoms with E-state index in [1.165, 1.54) is 6.20 Å². The first kappa shape index (κ1) is 13.7. The quantitative estimate of drug-likeness (QED) is 0.886. The number of hydrogen-bond donors (Lipinski definition) is 2. The number of nitriles is 1. The van der Waals surface area contributed by atoms with Crippen LogP contribution >= 0.6 is 0 Å². The summed E-state index contributed by atoms with van der Waals surface area (Å²) < 4.78 is 39.4. The van der Waals surface area contributed by atoms with Crippen molar-refractivity contribution in [3.63, 3.8) is 0 Å². The van der Waals surface area contributed by atoms with Gasteiger partial charge in [0.2, 0.25) is 0 Å². The monoisotopic (exact) mass is 284 g/mol. The molecule has 0 unspecified atom stereocenters. The molecule has 9 heteroatoms. The van der Waals surface area contributed by atoms with Gasteiger partial charge in [0.05, 0.1) is 29.0 Å². The molecule has 2 N–H and O–H groups in total. The Balaban J connectivity index is 2.70. The fourth-order valence-electron chi connectivity index (χ4n) is 1.75.